The van der Waals surface area contributed by atoms with Crippen LogP contribution < -0.4 is 0 Å². The predicted octanol–water partition coefficient (Wildman–Crippen LogP) is 5.02. The highest BCUT2D eigenvalue weighted by molar-refractivity contribution is 5.82. The van der Waals surface area contributed by atoms with Gasteiger partial charge in [-0.05, 0) is 62.3 Å². The van der Waals surface area contributed by atoms with Crippen LogP contribution in [0.5, 0.6) is 0 Å². The number of hydrogen-bond donors (Lipinski definition) is 1. The Kier molecular flexibility index (Phi) is 4.61. The molecule has 144 valence electrons. The van der Waals surface area contributed by atoms with E-state index in [1.165, 1.54) is 12.8 Å². The van der Waals surface area contributed by atoms with E-state index in [1.807, 2.05) is 47.1 Å². The second-order valence-corrected chi connectivity index (χ2v) is 7.89. The Balaban J connectivity index is 1.36. The summed E-state index contributed by atoms with van der Waals surface area (Å²) in [6.07, 6.45) is 9.28. The van der Waals surface area contributed by atoms with Crippen molar-refractivity contribution in [2.75, 3.05) is 0 Å². The summed E-state index contributed by atoms with van der Waals surface area (Å²) in [6, 6.07) is 14.1. The Hall–Kier alpha value is -2.66. The number of imidazole rings is 1. The van der Waals surface area contributed by atoms with Gasteiger partial charge in [-0.25, -0.2) is 9.50 Å². The predicted molar refractivity (Wildman–Crippen MR) is 109 cm³/mol. The number of aryl methyl sites for hydroxylation is 1. The maximum atomic E-state index is 10.2. The second-order valence-electron chi connectivity index (χ2n) is 7.89. The summed E-state index contributed by atoms with van der Waals surface area (Å²) in [5.41, 5.74) is 3.61. The standard InChI is InChI=1S/C23H25N3O2/c27-20-10-3-1-6-16(20)8-5-9-18-12-13-23-24-15-19(26(23)25-18)22-14-17-7-2-4-11-21(17)28-22/h2,4,7,11-16,20,27H,1,3,5-6,8-10H2. The van der Waals surface area contributed by atoms with E-state index < -0.39 is 0 Å². The lowest BCUT2D eigenvalue weighted by Gasteiger charge is -2.27. The molecule has 28 heavy (non-hydrogen) atoms. The summed E-state index contributed by atoms with van der Waals surface area (Å²) >= 11 is 0. The van der Waals surface area contributed by atoms with Crippen molar-refractivity contribution in [3.63, 3.8) is 0 Å². The number of hydrogen-bond acceptors (Lipinski definition) is 4. The molecule has 5 heteroatoms. The van der Waals surface area contributed by atoms with Crippen LogP contribution in [0.15, 0.2) is 53.1 Å². The second kappa shape index (κ2) is 7.40. The van der Waals surface area contributed by atoms with Crippen molar-refractivity contribution in [1.29, 1.82) is 0 Å². The van der Waals surface area contributed by atoms with Crippen molar-refractivity contribution < 1.29 is 9.52 Å². The lowest BCUT2D eigenvalue weighted by atomic mass is 9.83. The van der Waals surface area contributed by atoms with Crippen molar-refractivity contribution in [3.05, 3.63) is 54.4 Å². The van der Waals surface area contributed by atoms with E-state index in [4.69, 9.17) is 9.52 Å². The lowest BCUT2D eigenvalue weighted by molar-refractivity contribution is 0.0643. The van der Waals surface area contributed by atoms with Crippen LogP contribution >= 0.6 is 0 Å². The monoisotopic (exact) mass is 375 g/mol. The first-order valence-corrected chi connectivity index (χ1v) is 10.3. The van der Waals surface area contributed by atoms with Gasteiger partial charge in [-0.2, -0.15) is 5.10 Å². The van der Waals surface area contributed by atoms with Crippen LogP contribution in [0, 0.1) is 5.92 Å². The number of nitrogens with zero attached hydrogens (tertiary/aromatic N) is 3. The molecule has 1 aromatic carbocycles. The molecule has 1 saturated carbocycles. The summed E-state index contributed by atoms with van der Waals surface area (Å²) in [5, 5.41) is 16.1. The molecule has 0 aliphatic heterocycles. The fraction of sp³-hybridized carbons (Fsp3) is 0.391. The van der Waals surface area contributed by atoms with E-state index in [-0.39, 0.29) is 6.10 Å². The zero-order valence-electron chi connectivity index (χ0n) is 15.9. The molecule has 5 nitrogen and oxygen atoms in total. The minimum absolute atomic E-state index is 0.113. The van der Waals surface area contributed by atoms with Crippen LogP contribution in [-0.4, -0.2) is 25.8 Å². The quantitative estimate of drug-likeness (QED) is 0.532. The van der Waals surface area contributed by atoms with E-state index in [9.17, 15) is 5.11 Å². The molecule has 0 radical (unpaired) electrons. The maximum Gasteiger partial charge on any atom is 0.155 e. The molecule has 3 aromatic heterocycles. The van der Waals surface area contributed by atoms with Gasteiger partial charge in [0.25, 0.3) is 0 Å². The third kappa shape index (κ3) is 3.31. The fourth-order valence-corrected chi connectivity index (χ4v) is 4.39. The van der Waals surface area contributed by atoms with Crippen LogP contribution in [0.25, 0.3) is 28.1 Å². The Morgan fingerprint density at radius 1 is 1.11 bits per heavy atom. The first kappa shape index (κ1) is 17.4. The topological polar surface area (TPSA) is 63.6 Å². The highest BCUT2D eigenvalue weighted by Crippen LogP contribution is 2.29. The van der Waals surface area contributed by atoms with Crippen molar-refractivity contribution in [2.24, 2.45) is 5.92 Å². The summed E-state index contributed by atoms with van der Waals surface area (Å²) in [5.74, 6) is 1.24. The molecule has 0 bridgehead atoms. The number of furan rings is 1. The number of fused-ring (bicyclic) bond motifs is 2. The summed E-state index contributed by atoms with van der Waals surface area (Å²) < 4.78 is 7.88. The van der Waals surface area contributed by atoms with Crippen molar-refractivity contribution in [2.45, 2.75) is 51.0 Å². The largest absolute Gasteiger partial charge is 0.454 e. The highest BCUT2D eigenvalue weighted by Gasteiger charge is 2.22. The molecule has 0 spiro atoms. The molecule has 0 saturated heterocycles. The Bertz CT molecular complexity index is 1060. The van der Waals surface area contributed by atoms with Gasteiger partial charge in [0.15, 0.2) is 11.4 Å². The summed E-state index contributed by atoms with van der Waals surface area (Å²) in [6.45, 7) is 0. The number of para-hydroxylation sites is 1. The number of benzene rings is 1. The summed E-state index contributed by atoms with van der Waals surface area (Å²) in [7, 11) is 0. The van der Waals surface area contributed by atoms with Gasteiger partial charge in [0.05, 0.1) is 18.0 Å². The molecule has 4 aromatic rings. The van der Waals surface area contributed by atoms with Crippen molar-refractivity contribution >= 4 is 16.6 Å². The first-order valence-electron chi connectivity index (χ1n) is 10.3. The molecule has 0 amide bonds. The van der Waals surface area contributed by atoms with Crippen LogP contribution in [0.2, 0.25) is 0 Å². The molecule has 2 unspecified atom stereocenters. The SMILES string of the molecule is OC1CCCCC1CCCc1ccc2ncc(-c3cc4ccccc4o3)n2n1. The molecule has 1 fully saturated rings. The smallest absolute Gasteiger partial charge is 0.155 e. The Labute approximate surface area is 164 Å². The van der Waals surface area contributed by atoms with Crippen LogP contribution in [-0.2, 0) is 6.42 Å². The maximum absolute atomic E-state index is 10.2. The molecular formula is C23H25N3O2. The van der Waals surface area contributed by atoms with Crippen LogP contribution in [0.4, 0.5) is 0 Å². The summed E-state index contributed by atoms with van der Waals surface area (Å²) in [4.78, 5) is 4.48. The molecule has 1 N–H and O–H groups in total. The molecular weight excluding hydrogens is 350 g/mol. The van der Waals surface area contributed by atoms with Gasteiger partial charge in [-0.3, -0.25) is 0 Å². The zero-order chi connectivity index (χ0) is 18.9. The number of aliphatic hydroxyl groups excluding tert-OH is 1. The van der Waals surface area contributed by atoms with E-state index in [0.29, 0.717) is 5.92 Å². The van der Waals surface area contributed by atoms with E-state index >= 15 is 0 Å². The minimum Gasteiger partial charge on any atom is -0.454 e. The molecule has 1 aliphatic rings. The lowest BCUT2D eigenvalue weighted by Crippen LogP contribution is -2.24. The van der Waals surface area contributed by atoms with Gasteiger partial charge >= 0.3 is 0 Å². The molecule has 1 aliphatic carbocycles. The van der Waals surface area contributed by atoms with Gasteiger partial charge < -0.3 is 9.52 Å². The van der Waals surface area contributed by atoms with E-state index in [2.05, 4.69) is 11.1 Å². The Morgan fingerprint density at radius 3 is 2.89 bits per heavy atom. The van der Waals surface area contributed by atoms with E-state index in [0.717, 1.165) is 65.9 Å². The third-order valence-electron chi connectivity index (χ3n) is 5.97. The van der Waals surface area contributed by atoms with E-state index in [1.54, 1.807) is 0 Å². The van der Waals surface area contributed by atoms with Crippen molar-refractivity contribution in [3.8, 4) is 11.5 Å². The first-order chi connectivity index (χ1) is 13.8. The molecule has 2 atom stereocenters. The fourth-order valence-electron chi connectivity index (χ4n) is 4.39. The average Bonchev–Trinajstić information content (AvgIpc) is 3.32. The third-order valence-corrected chi connectivity index (χ3v) is 5.97. The highest BCUT2D eigenvalue weighted by atomic mass is 16.3. The Morgan fingerprint density at radius 2 is 2.00 bits per heavy atom. The number of aliphatic hydroxyl groups is 1. The average molecular weight is 375 g/mol. The van der Waals surface area contributed by atoms with Gasteiger partial charge in [0.1, 0.15) is 11.3 Å². The van der Waals surface area contributed by atoms with Crippen LogP contribution in [0.3, 0.4) is 0 Å². The van der Waals surface area contributed by atoms with Crippen molar-refractivity contribution in [1.82, 2.24) is 14.6 Å². The molecule has 5 rings (SSSR count). The van der Waals surface area contributed by atoms with Gasteiger partial charge in [-0.1, -0.05) is 31.0 Å². The minimum atomic E-state index is -0.113. The van der Waals surface area contributed by atoms with Gasteiger partial charge in [-0.15, -0.1) is 0 Å². The van der Waals surface area contributed by atoms with Gasteiger partial charge in [0, 0.05) is 5.39 Å². The number of aromatic nitrogens is 3. The zero-order valence-corrected chi connectivity index (χ0v) is 15.9. The number of rotatable bonds is 5. The van der Waals surface area contributed by atoms with Gasteiger partial charge in [0.2, 0.25) is 0 Å². The normalized spacial score (nSPS) is 20.2. The molecule has 3 heterocycles. The van der Waals surface area contributed by atoms with Crippen LogP contribution in [0.1, 0.15) is 44.2 Å².